The summed E-state index contributed by atoms with van der Waals surface area (Å²) in [4.78, 5) is 46.3. The monoisotopic (exact) mass is 637 g/mol. The number of amides is 4. The van der Waals surface area contributed by atoms with Gasteiger partial charge in [0.1, 0.15) is 23.9 Å². The normalized spacial score (nSPS) is 19.1. The zero-order chi connectivity index (χ0) is 31.8. The van der Waals surface area contributed by atoms with Crippen molar-refractivity contribution in [2.75, 3.05) is 46.5 Å². The summed E-state index contributed by atoms with van der Waals surface area (Å²) in [6.07, 6.45) is 0.381. The molecule has 3 N–H and O–H groups in total. The van der Waals surface area contributed by atoms with Gasteiger partial charge in [-0.15, -0.1) is 11.3 Å². The Bertz CT molecular complexity index is 1510. The molecule has 240 valence electrons. The summed E-state index contributed by atoms with van der Waals surface area (Å²) in [5.74, 6) is 1.13. The number of carbonyl (C=O) groups is 3. The van der Waals surface area contributed by atoms with Gasteiger partial charge in [-0.3, -0.25) is 9.59 Å². The number of ether oxygens (including phenoxy) is 4. The number of aromatic nitrogens is 1. The third-order valence-electron chi connectivity index (χ3n) is 7.53. The van der Waals surface area contributed by atoms with Crippen molar-refractivity contribution in [3.05, 3.63) is 69.2 Å². The molecule has 0 radical (unpaired) electrons. The number of benzene rings is 2. The molecule has 12 nitrogen and oxygen atoms in total. The lowest BCUT2D eigenvalue weighted by molar-refractivity contribution is -0.135. The van der Waals surface area contributed by atoms with E-state index in [1.54, 1.807) is 30.2 Å². The molecule has 3 heterocycles. The fourth-order valence-corrected chi connectivity index (χ4v) is 6.19. The van der Waals surface area contributed by atoms with E-state index < -0.39 is 6.10 Å². The highest BCUT2D eigenvalue weighted by molar-refractivity contribution is 7.11. The lowest BCUT2D eigenvalue weighted by Gasteiger charge is -2.38. The minimum Gasteiger partial charge on any atom is -0.491 e. The van der Waals surface area contributed by atoms with Gasteiger partial charge in [-0.25, -0.2) is 9.78 Å². The smallest absolute Gasteiger partial charge is 0.315 e. The maximum absolute atomic E-state index is 13.3. The molecular formula is C32H39N5O7S. The van der Waals surface area contributed by atoms with Gasteiger partial charge < -0.3 is 39.8 Å². The minimum absolute atomic E-state index is 0.00615. The summed E-state index contributed by atoms with van der Waals surface area (Å²) in [5.41, 5.74) is 2.09. The molecular weight excluding hydrogens is 598 g/mol. The number of hydrogen-bond donors (Lipinski definition) is 3. The Balaban J connectivity index is 1.34. The number of hydrogen-bond acceptors (Lipinski definition) is 9. The quantitative estimate of drug-likeness (QED) is 0.350. The van der Waals surface area contributed by atoms with E-state index in [1.807, 2.05) is 38.1 Å². The second-order valence-corrected chi connectivity index (χ2v) is 12.2. The molecule has 1 aromatic heterocycles. The Labute approximate surface area is 266 Å². The van der Waals surface area contributed by atoms with Gasteiger partial charge in [0.05, 0.1) is 42.5 Å². The third kappa shape index (κ3) is 8.93. The largest absolute Gasteiger partial charge is 0.491 e. The average molecular weight is 638 g/mol. The maximum atomic E-state index is 13.3. The summed E-state index contributed by atoms with van der Waals surface area (Å²) in [6.45, 7) is 6.06. The zero-order valence-corrected chi connectivity index (χ0v) is 26.5. The third-order valence-corrected chi connectivity index (χ3v) is 8.61. The van der Waals surface area contributed by atoms with Gasteiger partial charge in [0.15, 0.2) is 0 Å². The van der Waals surface area contributed by atoms with Crippen LogP contribution in [0.3, 0.4) is 0 Å². The number of rotatable bonds is 6. The molecule has 5 rings (SSSR count). The fraction of sp³-hybridized carbons (Fsp3) is 0.438. The number of nitrogens with one attached hydrogen (secondary N) is 3. The van der Waals surface area contributed by atoms with Crippen LogP contribution < -0.4 is 25.4 Å². The first-order chi connectivity index (χ1) is 21.8. The van der Waals surface area contributed by atoms with Gasteiger partial charge in [0.25, 0.3) is 5.91 Å². The van der Waals surface area contributed by atoms with E-state index in [4.69, 9.17) is 18.9 Å². The van der Waals surface area contributed by atoms with Gasteiger partial charge >= 0.3 is 6.03 Å². The molecule has 2 atom stereocenters. The molecule has 13 heteroatoms. The topological polar surface area (TPSA) is 140 Å². The molecule has 0 spiro atoms. The highest BCUT2D eigenvalue weighted by Crippen LogP contribution is 2.29. The Morgan fingerprint density at radius 1 is 1.09 bits per heavy atom. The maximum Gasteiger partial charge on any atom is 0.315 e. The van der Waals surface area contributed by atoms with Gasteiger partial charge in [-0.1, -0.05) is 12.1 Å². The van der Waals surface area contributed by atoms with Crippen molar-refractivity contribution in [3.63, 3.8) is 0 Å². The van der Waals surface area contributed by atoms with E-state index in [0.29, 0.717) is 55.5 Å². The first-order valence-electron chi connectivity index (χ1n) is 15.0. The number of nitrogens with zero attached hydrogens (tertiary/aromatic N) is 2. The van der Waals surface area contributed by atoms with Gasteiger partial charge in [0, 0.05) is 49.8 Å². The number of likely N-dealkylation sites (tertiary alicyclic amines) is 1. The zero-order valence-electron chi connectivity index (χ0n) is 25.7. The molecule has 4 bridgehead atoms. The molecule has 1 fully saturated rings. The number of methoxy groups -OCH3 is 1. The highest BCUT2D eigenvalue weighted by atomic mass is 32.1. The van der Waals surface area contributed by atoms with Crippen molar-refractivity contribution in [2.45, 2.75) is 45.4 Å². The lowest BCUT2D eigenvalue weighted by atomic mass is 10.0. The van der Waals surface area contributed by atoms with Gasteiger partial charge in [-0.05, 0) is 50.1 Å². The van der Waals surface area contributed by atoms with Crippen LogP contribution in [0.25, 0.3) is 0 Å². The molecule has 1 saturated heterocycles. The molecule has 2 aliphatic heterocycles. The van der Waals surface area contributed by atoms with Crippen molar-refractivity contribution >= 4 is 29.2 Å². The van der Waals surface area contributed by atoms with Crippen molar-refractivity contribution in [2.24, 2.45) is 0 Å². The first kappa shape index (κ1) is 32.2. The fourth-order valence-electron chi connectivity index (χ4n) is 5.26. The van der Waals surface area contributed by atoms with Crippen LogP contribution in [0, 0.1) is 13.8 Å². The van der Waals surface area contributed by atoms with Crippen molar-refractivity contribution in [1.29, 1.82) is 0 Å². The number of piperidine rings is 1. The first-order valence-corrected chi connectivity index (χ1v) is 15.8. The predicted molar refractivity (Wildman–Crippen MR) is 168 cm³/mol. The minimum atomic E-state index is -0.440. The Hall–Kier alpha value is -4.20. The summed E-state index contributed by atoms with van der Waals surface area (Å²) in [5, 5.41) is 9.58. The summed E-state index contributed by atoms with van der Waals surface area (Å²) in [7, 11) is 1.58. The van der Waals surface area contributed by atoms with Gasteiger partial charge in [-0.2, -0.15) is 0 Å². The Kier molecular flexibility index (Phi) is 10.9. The summed E-state index contributed by atoms with van der Waals surface area (Å²) < 4.78 is 23.4. The van der Waals surface area contributed by atoms with Crippen molar-refractivity contribution < 1.29 is 33.3 Å². The van der Waals surface area contributed by atoms with E-state index in [0.717, 1.165) is 21.1 Å². The van der Waals surface area contributed by atoms with Crippen LogP contribution in [-0.4, -0.2) is 86.4 Å². The Morgan fingerprint density at radius 3 is 2.73 bits per heavy atom. The Morgan fingerprint density at radius 2 is 1.93 bits per heavy atom. The van der Waals surface area contributed by atoms with Crippen molar-refractivity contribution in [1.82, 2.24) is 25.8 Å². The van der Waals surface area contributed by atoms with Crippen LogP contribution in [0.4, 0.5) is 4.79 Å². The molecule has 0 aliphatic carbocycles. The molecule has 45 heavy (non-hydrogen) atoms. The van der Waals surface area contributed by atoms with E-state index in [-0.39, 0.29) is 50.0 Å². The molecule has 4 amide bonds. The number of aryl methyl sites for hydroxylation is 2. The van der Waals surface area contributed by atoms with Crippen LogP contribution in [0.1, 0.15) is 37.9 Å². The predicted octanol–water partition coefficient (Wildman–Crippen LogP) is 3.35. The summed E-state index contributed by atoms with van der Waals surface area (Å²) >= 11 is 1.54. The number of fused-ring (bicyclic) bond motifs is 5. The SMILES string of the molecule is COCCOc1cc2cc(c1)C(=O)NCCNC(=O)N[C@H]1CCN(C(=O)Cc3sc(C)nc3C)C[C@@H]1OCc1cccc(c1)O2. The number of carbonyl (C=O) groups excluding carboxylic acids is 3. The van der Waals surface area contributed by atoms with E-state index in [2.05, 4.69) is 20.9 Å². The van der Waals surface area contributed by atoms with Gasteiger partial charge in [0.2, 0.25) is 5.91 Å². The second kappa shape index (κ2) is 15.2. The molecule has 2 aliphatic rings. The average Bonchev–Trinajstić information content (AvgIpc) is 3.34. The molecule has 0 saturated carbocycles. The lowest BCUT2D eigenvalue weighted by Crippen LogP contribution is -2.58. The summed E-state index contributed by atoms with van der Waals surface area (Å²) in [6, 6.07) is 11.8. The molecule has 2 aromatic carbocycles. The van der Waals surface area contributed by atoms with Crippen LogP contribution in [0.5, 0.6) is 17.2 Å². The van der Waals surface area contributed by atoms with E-state index >= 15 is 0 Å². The number of thiazole rings is 1. The number of urea groups is 1. The van der Waals surface area contributed by atoms with Crippen LogP contribution in [-0.2, 0) is 27.3 Å². The van der Waals surface area contributed by atoms with E-state index in [9.17, 15) is 14.4 Å². The molecule has 0 unspecified atom stereocenters. The standard InChI is InChI=1S/C32H39N5O7S/c1-20-29(45-21(2)35-20)17-30(38)37-10-7-27-28(18-37)43-19-22-5-4-6-24(13-22)44-26-15-23(14-25(16-26)42-12-11-41-3)31(39)33-8-9-34-32(40)36-27/h4-6,13-16,27-28H,7-12,17-19H2,1-3H3,(H,33,39)(H2,34,36,40)/t27-,28-/m0/s1. The highest BCUT2D eigenvalue weighted by Gasteiger charge is 2.33. The van der Waals surface area contributed by atoms with Crippen LogP contribution in [0.15, 0.2) is 42.5 Å². The second-order valence-electron chi connectivity index (χ2n) is 10.9. The molecule has 3 aromatic rings. The van der Waals surface area contributed by atoms with Crippen molar-refractivity contribution in [3.8, 4) is 17.2 Å². The van der Waals surface area contributed by atoms with Crippen LogP contribution in [0.2, 0.25) is 0 Å². The van der Waals surface area contributed by atoms with Crippen LogP contribution >= 0.6 is 11.3 Å². The van der Waals surface area contributed by atoms with E-state index in [1.165, 1.54) is 11.3 Å².